The summed E-state index contributed by atoms with van der Waals surface area (Å²) in [6.45, 7) is 0. The number of halogens is 2. The van der Waals surface area contributed by atoms with Crippen LogP contribution in [0, 0.1) is 0 Å². The molecule has 0 aromatic heterocycles. The van der Waals surface area contributed by atoms with Gasteiger partial charge in [-0.05, 0) is 25.0 Å². The third-order valence-electron chi connectivity index (χ3n) is 3.04. The Labute approximate surface area is 117 Å². The van der Waals surface area contributed by atoms with E-state index in [2.05, 4.69) is 5.32 Å². The molecule has 0 amide bonds. The average molecular weight is 309 g/mol. The van der Waals surface area contributed by atoms with Gasteiger partial charge in [-0.15, -0.1) is 0 Å². The van der Waals surface area contributed by atoms with Crippen LogP contribution in [0.3, 0.4) is 0 Å². The zero-order chi connectivity index (χ0) is 13.3. The number of anilines is 1. The highest BCUT2D eigenvalue weighted by molar-refractivity contribution is 7.89. The molecule has 0 bridgehead atoms. The molecule has 0 saturated heterocycles. The highest BCUT2D eigenvalue weighted by Crippen LogP contribution is 2.33. The molecule has 1 saturated carbocycles. The lowest BCUT2D eigenvalue weighted by molar-refractivity contribution is 0.597. The third kappa shape index (κ3) is 3.09. The van der Waals surface area contributed by atoms with Crippen LogP contribution in [0.25, 0.3) is 0 Å². The molecule has 0 spiro atoms. The fourth-order valence-corrected chi connectivity index (χ4v) is 3.27. The van der Waals surface area contributed by atoms with E-state index in [-0.39, 0.29) is 16.0 Å². The Kier molecular flexibility index (Phi) is 4.06. The number of nitrogens with one attached hydrogen (secondary N) is 1. The largest absolute Gasteiger partial charge is 0.381 e. The van der Waals surface area contributed by atoms with Crippen molar-refractivity contribution in [3.05, 3.63) is 22.2 Å². The first-order chi connectivity index (χ1) is 8.38. The molecule has 0 aliphatic heterocycles. The Hall–Kier alpha value is -0.490. The van der Waals surface area contributed by atoms with E-state index in [0.717, 1.165) is 25.7 Å². The quantitative estimate of drug-likeness (QED) is 0.901. The van der Waals surface area contributed by atoms with Crippen LogP contribution in [0.5, 0.6) is 0 Å². The Morgan fingerprint density at radius 1 is 1.17 bits per heavy atom. The maximum Gasteiger partial charge on any atom is 0.240 e. The molecule has 0 atom stereocenters. The predicted molar refractivity (Wildman–Crippen MR) is 73.7 cm³/mol. The summed E-state index contributed by atoms with van der Waals surface area (Å²) in [5, 5.41) is 8.85. The lowest BCUT2D eigenvalue weighted by Crippen LogP contribution is -2.20. The van der Waals surface area contributed by atoms with Gasteiger partial charge in [-0.2, -0.15) is 0 Å². The van der Waals surface area contributed by atoms with Gasteiger partial charge in [0.15, 0.2) is 0 Å². The van der Waals surface area contributed by atoms with E-state index in [4.69, 9.17) is 28.3 Å². The summed E-state index contributed by atoms with van der Waals surface area (Å²) in [6.07, 6.45) is 4.32. The minimum absolute atomic E-state index is 0.0104. The molecule has 1 aromatic carbocycles. The summed E-state index contributed by atoms with van der Waals surface area (Å²) < 4.78 is 23.1. The van der Waals surface area contributed by atoms with Crippen molar-refractivity contribution in [2.75, 3.05) is 5.32 Å². The number of hydrogen-bond donors (Lipinski definition) is 2. The van der Waals surface area contributed by atoms with Crippen LogP contribution >= 0.6 is 23.2 Å². The van der Waals surface area contributed by atoms with E-state index in [9.17, 15) is 8.42 Å². The summed E-state index contributed by atoms with van der Waals surface area (Å²) in [7, 11) is -3.82. The minimum atomic E-state index is -3.82. The summed E-state index contributed by atoms with van der Waals surface area (Å²) in [5.74, 6) is 0. The van der Waals surface area contributed by atoms with Gasteiger partial charge >= 0.3 is 0 Å². The molecule has 3 N–H and O–H groups in total. The number of hydrogen-bond acceptors (Lipinski definition) is 3. The molecule has 18 heavy (non-hydrogen) atoms. The molecule has 1 aromatic rings. The first-order valence-electron chi connectivity index (χ1n) is 5.66. The zero-order valence-electron chi connectivity index (χ0n) is 9.62. The summed E-state index contributed by atoms with van der Waals surface area (Å²) in [4.78, 5) is -0.0104. The van der Waals surface area contributed by atoms with Crippen LogP contribution in [0.4, 0.5) is 5.69 Å². The maximum atomic E-state index is 11.5. The van der Waals surface area contributed by atoms with Crippen LogP contribution in [0.2, 0.25) is 10.0 Å². The van der Waals surface area contributed by atoms with E-state index >= 15 is 0 Å². The monoisotopic (exact) mass is 308 g/mol. The second kappa shape index (κ2) is 5.25. The molecule has 100 valence electrons. The van der Waals surface area contributed by atoms with Crippen molar-refractivity contribution in [2.24, 2.45) is 5.14 Å². The Bertz CT molecular complexity index is 554. The first kappa shape index (κ1) is 13.9. The van der Waals surface area contributed by atoms with Crippen molar-refractivity contribution in [1.29, 1.82) is 0 Å². The van der Waals surface area contributed by atoms with Crippen molar-refractivity contribution in [3.63, 3.8) is 0 Å². The number of sulfonamides is 1. The number of primary sulfonamides is 1. The van der Waals surface area contributed by atoms with Crippen molar-refractivity contribution >= 4 is 38.9 Å². The van der Waals surface area contributed by atoms with Crippen LogP contribution in [0.1, 0.15) is 25.7 Å². The Morgan fingerprint density at radius 3 is 2.28 bits per heavy atom. The molecular formula is C11H14Cl2N2O2S. The van der Waals surface area contributed by atoms with Gasteiger partial charge in [0.1, 0.15) is 4.90 Å². The van der Waals surface area contributed by atoms with Crippen molar-refractivity contribution < 1.29 is 8.42 Å². The fourth-order valence-electron chi connectivity index (χ4n) is 2.17. The number of benzene rings is 1. The van der Waals surface area contributed by atoms with Crippen molar-refractivity contribution in [2.45, 2.75) is 36.6 Å². The zero-order valence-corrected chi connectivity index (χ0v) is 11.9. The lowest BCUT2D eigenvalue weighted by Gasteiger charge is -2.17. The van der Waals surface area contributed by atoms with Gasteiger partial charge in [-0.25, -0.2) is 13.6 Å². The summed E-state index contributed by atoms with van der Waals surface area (Å²) in [5.41, 5.74) is 0.429. The number of rotatable bonds is 3. The summed E-state index contributed by atoms with van der Waals surface area (Å²) in [6, 6.07) is 3.07. The third-order valence-corrected chi connectivity index (χ3v) is 4.72. The van der Waals surface area contributed by atoms with Gasteiger partial charge in [-0.1, -0.05) is 36.0 Å². The van der Waals surface area contributed by atoms with Gasteiger partial charge in [0, 0.05) is 6.04 Å². The molecule has 0 unspecified atom stereocenters. The highest BCUT2D eigenvalue weighted by Gasteiger charge is 2.21. The highest BCUT2D eigenvalue weighted by atomic mass is 35.5. The minimum Gasteiger partial charge on any atom is -0.381 e. The van der Waals surface area contributed by atoms with Crippen LogP contribution in [-0.4, -0.2) is 14.5 Å². The van der Waals surface area contributed by atoms with Gasteiger partial charge < -0.3 is 5.32 Å². The SMILES string of the molecule is NS(=O)(=O)c1cc(Cl)c(Cl)cc1NC1CCCC1. The molecule has 4 nitrogen and oxygen atoms in total. The topological polar surface area (TPSA) is 72.2 Å². The van der Waals surface area contributed by atoms with E-state index in [1.165, 1.54) is 12.1 Å². The molecular weight excluding hydrogens is 295 g/mol. The van der Waals surface area contributed by atoms with Crippen LogP contribution < -0.4 is 10.5 Å². The van der Waals surface area contributed by atoms with Crippen molar-refractivity contribution in [1.82, 2.24) is 0 Å². The van der Waals surface area contributed by atoms with Crippen molar-refractivity contribution in [3.8, 4) is 0 Å². The van der Waals surface area contributed by atoms with Gasteiger partial charge in [0.25, 0.3) is 0 Å². The van der Waals surface area contributed by atoms with Gasteiger partial charge in [0.05, 0.1) is 15.7 Å². The fraction of sp³-hybridized carbons (Fsp3) is 0.455. The van der Waals surface area contributed by atoms with Crippen LogP contribution in [0.15, 0.2) is 17.0 Å². The van der Waals surface area contributed by atoms with E-state index in [1.54, 1.807) is 0 Å². The van der Waals surface area contributed by atoms with Gasteiger partial charge in [-0.3, -0.25) is 0 Å². The van der Waals surface area contributed by atoms with E-state index in [1.807, 2.05) is 0 Å². The molecule has 0 radical (unpaired) electrons. The lowest BCUT2D eigenvalue weighted by atomic mass is 10.2. The Morgan fingerprint density at radius 2 is 1.72 bits per heavy atom. The molecule has 1 fully saturated rings. The molecule has 1 aliphatic rings. The predicted octanol–water partition coefficient (Wildman–Crippen LogP) is 3.00. The average Bonchev–Trinajstić information content (AvgIpc) is 2.74. The second-order valence-electron chi connectivity index (χ2n) is 4.43. The Balaban J connectivity index is 2.40. The molecule has 1 aliphatic carbocycles. The first-order valence-corrected chi connectivity index (χ1v) is 7.96. The second-order valence-corrected chi connectivity index (χ2v) is 6.78. The normalized spacial score (nSPS) is 17.1. The van der Waals surface area contributed by atoms with E-state index < -0.39 is 10.0 Å². The molecule has 7 heteroatoms. The standard InChI is InChI=1S/C11H14Cl2N2O2S/c12-8-5-10(15-7-3-1-2-4-7)11(6-9(8)13)18(14,16)17/h5-7,15H,1-4H2,(H2,14,16,17). The molecule has 2 rings (SSSR count). The maximum absolute atomic E-state index is 11.5. The van der Waals surface area contributed by atoms with Crippen LogP contribution in [-0.2, 0) is 10.0 Å². The number of nitrogens with two attached hydrogens (primary N) is 1. The summed E-state index contributed by atoms with van der Waals surface area (Å²) >= 11 is 11.7. The van der Waals surface area contributed by atoms with E-state index in [0.29, 0.717) is 10.7 Å². The molecule has 0 heterocycles. The smallest absolute Gasteiger partial charge is 0.240 e. The van der Waals surface area contributed by atoms with Gasteiger partial charge in [0.2, 0.25) is 10.0 Å².